The van der Waals surface area contributed by atoms with E-state index in [2.05, 4.69) is 27.3 Å². The number of nitriles is 1. The van der Waals surface area contributed by atoms with Crippen LogP contribution in [0.4, 0.5) is 10.1 Å². The fourth-order valence-corrected chi connectivity index (χ4v) is 3.09. The number of nitrogens with one attached hydrogen (secondary N) is 1. The van der Waals surface area contributed by atoms with Crippen molar-refractivity contribution >= 4 is 27.5 Å². The van der Waals surface area contributed by atoms with Crippen LogP contribution in [0.1, 0.15) is 44.1 Å². The Morgan fingerprint density at radius 3 is 2.52 bits per heavy atom. The molecular weight excluding hydrogens is 335 g/mol. The van der Waals surface area contributed by atoms with Gasteiger partial charge in [0.15, 0.2) is 0 Å². The molecule has 0 heterocycles. The van der Waals surface area contributed by atoms with Crippen molar-refractivity contribution in [3.05, 3.63) is 28.0 Å². The van der Waals surface area contributed by atoms with Crippen LogP contribution >= 0.6 is 15.9 Å². The molecule has 1 aliphatic rings. The number of carbonyl (C=O) groups excluding carboxylic acids is 1. The van der Waals surface area contributed by atoms with Crippen molar-refractivity contribution in [2.24, 2.45) is 5.41 Å². The third-order valence-corrected chi connectivity index (χ3v) is 4.73. The summed E-state index contributed by atoms with van der Waals surface area (Å²) in [6.45, 7) is 1.73. The van der Waals surface area contributed by atoms with E-state index >= 15 is 0 Å². The average molecular weight is 353 g/mol. The maximum absolute atomic E-state index is 13.4. The zero-order valence-corrected chi connectivity index (χ0v) is 13.6. The predicted octanol–water partition coefficient (Wildman–Crippen LogP) is 4.70. The van der Waals surface area contributed by atoms with Crippen LogP contribution in [0, 0.1) is 29.5 Å². The van der Waals surface area contributed by atoms with Crippen LogP contribution in [0.2, 0.25) is 0 Å². The Hall–Kier alpha value is -1.41. The zero-order valence-electron chi connectivity index (χ0n) is 12.0. The first-order valence-electron chi connectivity index (χ1n) is 7.17. The van der Waals surface area contributed by atoms with Gasteiger partial charge in [0.1, 0.15) is 11.2 Å². The van der Waals surface area contributed by atoms with Crippen molar-refractivity contribution in [1.82, 2.24) is 0 Å². The SMILES string of the molecule is Cc1cc(F)c(Br)cc1NC(=O)C1(C#N)CCCCCC1. The molecule has 1 aromatic carbocycles. The summed E-state index contributed by atoms with van der Waals surface area (Å²) >= 11 is 3.12. The highest BCUT2D eigenvalue weighted by Gasteiger charge is 2.39. The molecule has 0 aliphatic heterocycles. The van der Waals surface area contributed by atoms with Gasteiger partial charge in [-0.2, -0.15) is 5.26 Å². The van der Waals surface area contributed by atoms with Gasteiger partial charge in [-0.05, 0) is 53.4 Å². The summed E-state index contributed by atoms with van der Waals surface area (Å²) in [5.74, 6) is -0.636. The molecule has 0 radical (unpaired) electrons. The molecule has 5 heteroatoms. The smallest absolute Gasteiger partial charge is 0.244 e. The Morgan fingerprint density at radius 1 is 1.33 bits per heavy atom. The molecule has 3 nitrogen and oxygen atoms in total. The number of hydrogen-bond acceptors (Lipinski definition) is 2. The van der Waals surface area contributed by atoms with Crippen molar-refractivity contribution in [2.75, 3.05) is 5.32 Å². The van der Waals surface area contributed by atoms with E-state index < -0.39 is 5.41 Å². The Labute approximate surface area is 132 Å². The van der Waals surface area contributed by atoms with Crippen molar-refractivity contribution in [1.29, 1.82) is 5.26 Å². The molecule has 0 atom stereocenters. The lowest BCUT2D eigenvalue weighted by Gasteiger charge is -2.24. The van der Waals surface area contributed by atoms with E-state index in [1.54, 1.807) is 13.0 Å². The van der Waals surface area contributed by atoms with E-state index in [1.165, 1.54) is 6.07 Å². The second-order valence-corrected chi connectivity index (χ2v) is 6.50. The maximum Gasteiger partial charge on any atom is 0.244 e. The summed E-state index contributed by atoms with van der Waals surface area (Å²) in [5.41, 5.74) is 0.238. The molecule has 1 N–H and O–H groups in total. The predicted molar refractivity (Wildman–Crippen MR) is 83.2 cm³/mol. The minimum atomic E-state index is -0.955. The normalized spacial score (nSPS) is 17.6. The van der Waals surface area contributed by atoms with Crippen LogP contribution in [0.5, 0.6) is 0 Å². The highest BCUT2D eigenvalue weighted by atomic mass is 79.9. The minimum absolute atomic E-state index is 0.270. The number of anilines is 1. The summed E-state index contributed by atoms with van der Waals surface area (Å²) in [4.78, 5) is 12.6. The molecule has 1 aromatic rings. The fourth-order valence-electron chi connectivity index (χ4n) is 2.74. The number of benzene rings is 1. The van der Waals surface area contributed by atoms with Gasteiger partial charge in [0.05, 0.1) is 10.5 Å². The molecule has 2 rings (SSSR count). The summed E-state index contributed by atoms with van der Waals surface area (Å²) in [7, 11) is 0. The fraction of sp³-hybridized carbons (Fsp3) is 0.500. The van der Waals surface area contributed by atoms with Crippen molar-refractivity contribution in [3.63, 3.8) is 0 Å². The van der Waals surface area contributed by atoms with Gasteiger partial charge in [0.2, 0.25) is 5.91 Å². The molecule has 1 fully saturated rings. The minimum Gasteiger partial charge on any atom is -0.324 e. The number of aryl methyl sites for hydroxylation is 1. The van der Waals surface area contributed by atoms with Crippen LogP contribution in [0.15, 0.2) is 16.6 Å². The lowest BCUT2D eigenvalue weighted by atomic mass is 9.81. The lowest BCUT2D eigenvalue weighted by molar-refractivity contribution is -0.123. The second kappa shape index (κ2) is 6.57. The number of hydrogen-bond donors (Lipinski definition) is 1. The van der Waals surface area contributed by atoms with Crippen molar-refractivity contribution in [3.8, 4) is 6.07 Å². The molecular formula is C16H18BrFN2O. The van der Waals surface area contributed by atoms with Gasteiger partial charge in [-0.1, -0.05) is 25.7 Å². The van der Waals surface area contributed by atoms with Crippen molar-refractivity contribution in [2.45, 2.75) is 45.4 Å². The Bertz CT molecular complexity index is 587. The molecule has 0 aromatic heterocycles. The lowest BCUT2D eigenvalue weighted by Crippen LogP contribution is -2.34. The first-order chi connectivity index (χ1) is 9.98. The third kappa shape index (κ3) is 3.44. The Kier molecular flexibility index (Phi) is 5.00. The number of halogens is 2. The van der Waals surface area contributed by atoms with Crippen LogP contribution in [0.3, 0.4) is 0 Å². The number of carbonyl (C=O) groups is 1. The first kappa shape index (κ1) is 16.0. The van der Waals surface area contributed by atoms with Crippen LogP contribution in [-0.4, -0.2) is 5.91 Å². The van der Waals surface area contributed by atoms with E-state index in [4.69, 9.17) is 0 Å². The molecule has 21 heavy (non-hydrogen) atoms. The van der Waals surface area contributed by atoms with Crippen LogP contribution in [-0.2, 0) is 4.79 Å². The number of nitrogens with zero attached hydrogens (tertiary/aromatic N) is 1. The molecule has 0 unspecified atom stereocenters. The highest BCUT2D eigenvalue weighted by Crippen LogP contribution is 2.36. The monoisotopic (exact) mass is 352 g/mol. The zero-order chi connectivity index (χ0) is 15.5. The van der Waals surface area contributed by atoms with Gasteiger partial charge >= 0.3 is 0 Å². The first-order valence-corrected chi connectivity index (χ1v) is 7.96. The van der Waals surface area contributed by atoms with Gasteiger partial charge < -0.3 is 5.32 Å². The van der Waals surface area contributed by atoms with Gasteiger partial charge in [-0.15, -0.1) is 0 Å². The molecule has 0 bridgehead atoms. The summed E-state index contributed by atoms with van der Waals surface area (Å²) in [5, 5.41) is 12.3. The van der Waals surface area contributed by atoms with Crippen molar-refractivity contribution < 1.29 is 9.18 Å². The standard InChI is InChI=1S/C16H18BrFN2O/c1-11-8-13(18)12(17)9-14(11)20-15(21)16(10-19)6-4-2-3-5-7-16/h8-9H,2-7H2,1H3,(H,20,21). The molecule has 1 amide bonds. The number of amides is 1. The summed E-state index contributed by atoms with van der Waals surface area (Å²) in [6, 6.07) is 5.14. The van der Waals surface area contributed by atoms with Gasteiger partial charge in [-0.25, -0.2) is 4.39 Å². The quantitative estimate of drug-likeness (QED) is 0.784. The Balaban J connectivity index is 2.24. The Morgan fingerprint density at radius 2 is 1.95 bits per heavy atom. The van der Waals surface area contributed by atoms with E-state index in [1.807, 2.05) is 0 Å². The van der Waals surface area contributed by atoms with E-state index in [-0.39, 0.29) is 11.7 Å². The average Bonchev–Trinajstić information content (AvgIpc) is 2.71. The molecule has 0 saturated heterocycles. The maximum atomic E-state index is 13.4. The van der Waals surface area contributed by atoms with Gasteiger partial charge in [0, 0.05) is 5.69 Å². The highest BCUT2D eigenvalue weighted by molar-refractivity contribution is 9.10. The van der Waals surface area contributed by atoms with Crippen LogP contribution < -0.4 is 5.32 Å². The van der Waals surface area contributed by atoms with E-state index in [0.29, 0.717) is 28.6 Å². The van der Waals surface area contributed by atoms with Crippen LogP contribution in [0.25, 0.3) is 0 Å². The van der Waals surface area contributed by atoms with Gasteiger partial charge in [0.25, 0.3) is 0 Å². The summed E-state index contributed by atoms with van der Waals surface area (Å²) < 4.78 is 13.7. The second-order valence-electron chi connectivity index (χ2n) is 5.64. The molecule has 1 saturated carbocycles. The van der Waals surface area contributed by atoms with Gasteiger partial charge in [-0.3, -0.25) is 4.79 Å². The topological polar surface area (TPSA) is 52.9 Å². The molecule has 1 aliphatic carbocycles. The number of rotatable bonds is 2. The van der Waals surface area contributed by atoms with E-state index in [9.17, 15) is 14.4 Å². The largest absolute Gasteiger partial charge is 0.324 e. The van der Waals surface area contributed by atoms with E-state index in [0.717, 1.165) is 25.7 Å². The third-order valence-electron chi connectivity index (χ3n) is 4.12. The molecule has 0 spiro atoms. The molecule has 112 valence electrons. The summed E-state index contributed by atoms with van der Waals surface area (Å²) in [6.07, 6.45) is 5.11.